The number of ether oxygens (including phenoxy) is 2. The molecule has 1 aromatic heterocycles. The molecule has 0 saturated carbocycles. The van der Waals surface area contributed by atoms with Crippen LogP contribution in [0.5, 0.6) is 0 Å². The number of piperidine rings is 1. The van der Waals surface area contributed by atoms with Crippen LogP contribution in [0.2, 0.25) is 0 Å². The minimum atomic E-state index is -0.604. The molecule has 2 heterocycles. The molecule has 1 aliphatic rings. The number of pyridine rings is 1. The summed E-state index contributed by atoms with van der Waals surface area (Å²) in [5.41, 5.74) is 2.02. The second-order valence-electron chi connectivity index (χ2n) is 8.39. The van der Waals surface area contributed by atoms with Crippen LogP contribution in [0.15, 0.2) is 10.9 Å². The SMILES string of the molecule is CCOC(=O)C1CN(C(=O)OC(C)(C)C)CCC1c1cc(=O)n(C)c(C)c1C. The summed E-state index contributed by atoms with van der Waals surface area (Å²) < 4.78 is 12.4. The zero-order valence-electron chi connectivity index (χ0n) is 18.0. The molecule has 1 amide bonds. The van der Waals surface area contributed by atoms with E-state index in [4.69, 9.17) is 9.47 Å². The quantitative estimate of drug-likeness (QED) is 0.739. The number of carbonyl (C=O) groups excluding carboxylic acids is 2. The standard InChI is InChI=1S/C21H32N2O5/c1-8-27-19(25)17-12-23(20(26)28-21(4,5)6)10-9-15(17)16-11-18(24)22(7)14(3)13(16)2/h11,15,17H,8-10,12H2,1-7H3. The number of hydrogen-bond donors (Lipinski definition) is 0. The first-order valence-corrected chi connectivity index (χ1v) is 9.78. The van der Waals surface area contributed by atoms with Gasteiger partial charge in [0.1, 0.15) is 5.60 Å². The maximum atomic E-state index is 12.7. The van der Waals surface area contributed by atoms with Crippen LogP contribution < -0.4 is 5.56 Å². The molecule has 7 heteroatoms. The predicted molar refractivity (Wildman–Crippen MR) is 106 cm³/mol. The number of rotatable bonds is 3. The predicted octanol–water partition coefficient (Wildman–Crippen LogP) is 2.91. The number of aromatic nitrogens is 1. The van der Waals surface area contributed by atoms with Gasteiger partial charge in [-0.2, -0.15) is 0 Å². The first kappa shape index (κ1) is 22.0. The van der Waals surface area contributed by atoms with Crippen molar-refractivity contribution in [1.29, 1.82) is 0 Å². The van der Waals surface area contributed by atoms with Crippen molar-refractivity contribution in [2.45, 2.75) is 59.5 Å². The van der Waals surface area contributed by atoms with Crippen molar-refractivity contribution in [3.63, 3.8) is 0 Å². The Labute approximate surface area is 166 Å². The van der Waals surface area contributed by atoms with E-state index in [1.807, 2.05) is 34.6 Å². The molecule has 0 aliphatic carbocycles. The van der Waals surface area contributed by atoms with E-state index in [-0.39, 0.29) is 30.6 Å². The largest absolute Gasteiger partial charge is 0.466 e. The van der Waals surface area contributed by atoms with Gasteiger partial charge in [-0.05, 0) is 59.1 Å². The zero-order valence-corrected chi connectivity index (χ0v) is 18.0. The summed E-state index contributed by atoms with van der Waals surface area (Å²) >= 11 is 0. The van der Waals surface area contributed by atoms with E-state index in [9.17, 15) is 14.4 Å². The van der Waals surface area contributed by atoms with E-state index >= 15 is 0 Å². The lowest BCUT2D eigenvalue weighted by Crippen LogP contribution is -2.48. The van der Waals surface area contributed by atoms with Crippen LogP contribution >= 0.6 is 0 Å². The molecular formula is C21H32N2O5. The first-order chi connectivity index (χ1) is 13.0. The Morgan fingerprint density at radius 2 is 1.89 bits per heavy atom. The molecule has 0 spiro atoms. The fraction of sp³-hybridized carbons (Fsp3) is 0.667. The third-order valence-corrected chi connectivity index (χ3v) is 5.34. The van der Waals surface area contributed by atoms with Gasteiger partial charge in [-0.25, -0.2) is 4.79 Å². The smallest absolute Gasteiger partial charge is 0.410 e. The third-order valence-electron chi connectivity index (χ3n) is 5.34. The first-order valence-electron chi connectivity index (χ1n) is 9.78. The summed E-state index contributed by atoms with van der Waals surface area (Å²) in [6.45, 7) is 12.0. The van der Waals surface area contributed by atoms with Gasteiger partial charge < -0.3 is 18.9 Å². The van der Waals surface area contributed by atoms with Crippen LogP contribution in [-0.4, -0.2) is 46.8 Å². The van der Waals surface area contributed by atoms with Crippen molar-refractivity contribution in [3.8, 4) is 0 Å². The van der Waals surface area contributed by atoms with Crippen LogP contribution in [-0.2, 0) is 21.3 Å². The Morgan fingerprint density at radius 3 is 2.46 bits per heavy atom. The maximum absolute atomic E-state index is 12.7. The molecule has 1 aromatic rings. The van der Waals surface area contributed by atoms with Crippen LogP contribution in [0, 0.1) is 19.8 Å². The number of amides is 1. The van der Waals surface area contributed by atoms with Gasteiger partial charge in [-0.3, -0.25) is 9.59 Å². The Hall–Kier alpha value is -2.31. The fourth-order valence-corrected chi connectivity index (χ4v) is 3.65. The summed E-state index contributed by atoms with van der Waals surface area (Å²) in [4.78, 5) is 39.1. The molecule has 7 nitrogen and oxygen atoms in total. The molecule has 28 heavy (non-hydrogen) atoms. The van der Waals surface area contributed by atoms with Gasteiger partial charge in [0, 0.05) is 37.8 Å². The highest BCUT2D eigenvalue weighted by molar-refractivity contribution is 5.76. The average molecular weight is 392 g/mol. The van der Waals surface area contributed by atoms with Crippen LogP contribution in [0.1, 0.15) is 56.9 Å². The molecule has 0 bridgehead atoms. The molecule has 0 radical (unpaired) electrons. The van der Waals surface area contributed by atoms with E-state index in [2.05, 4.69) is 0 Å². The summed E-state index contributed by atoms with van der Waals surface area (Å²) in [5.74, 6) is -1.06. The number of nitrogens with zero attached hydrogens (tertiary/aromatic N) is 2. The van der Waals surface area contributed by atoms with Crippen LogP contribution in [0.25, 0.3) is 0 Å². The van der Waals surface area contributed by atoms with Crippen molar-refractivity contribution in [2.24, 2.45) is 13.0 Å². The van der Waals surface area contributed by atoms with E-state index < -0.39 is 17.6 Å². The van der Waals surface area contributed by atoms with E-state index in [1.54, 1.807) is 29.5 Å². The lowest BCUT2D eigenvalue weighted by atomic mass is 9.78. The zero-order chi connectivity index (χ0) is 21.2. The second kappa shape index (κ2) is 8.37. The Kier molecular flexibility index (Phi) is 6.57. The van der Waals surface area contributed by atoms with Crippen molar-refractivity contribution in [1.82, 2.24) is 9.47 Å². The highest BCUT2D eigenvalue weighted by atomic mass is 16.6. The van der Waals surface area contributed by atoms with Gasteiger partial charge in [0.05, 0.1) is 12.5 Å². The second-order valence-corrected chi connectivity index (χ2v) is 8.39. The molecule has 156 valence electrons. The van der Waals surface area contributed by atoms with Crippen molar-refractivity contribution < 1.29 is 19.1 Å². The van der Waals surface area contributed by atoms with E-state index in [0.29, 0.717) is 13.0 Å². The minimum Gasteiger partial charge on any atom is -0.466 e. The summed E-state index contributed by atoms with van der Waals surface area (Å²) in [7, 11) is 1.74. The van der Waals surface area contributed by atoms with Gasteiger partial charge in [-0.15, -0.1) is 0 Å². The maximum Gasteiger partial charge on any atom is 0.410 e. The monoisotopic (exact) mass is 392 g/mol. The highest BCUT2D eigenvalue weighted by Crippen LogP contribution is 2.36. The topological polar surface area (TPSA) is 77.8 Å². The molecule has 2 atom stereocenters. The van der Waals surface area contributed by atoms with Crippen LogP contribution in [0.3, 0.4) is 0 Å². The molecule has 1 saturated heterocycles. The highest BCUT2D eigenvalue weighted by Gasteiger charge is 2.40. The molecule has 2 rings (SSSR count). The van der Waals surface area contributed by atoms with Gasteiger partial charge in [0.25, 0.3) is 5.56 Å². The third kappa shape index (κ3) is 4.75. The number of esters is 1. The van der Waals surface area contributed by atoms with Gasteiger partial charge in [0.2, 0.25) is 0 Å². The Bertz CT molecular complexity index is 806. The Morgan fingerprint density at radius 1 is 1.25 bits per heavy atom. The van der Waals surface area contributed by atoms with Gasteiger partial charge in [0.15, 0.2) is 0 Å². The van der Waals surface area contributed by atoms with E-state index in [0.717, 1.165) is 16.8 Å². The summed E-state index contributed by atoms with van der Waals surface area (Å²) in [6, 6.07) is 1.61. The fourth-order valence-electron chi connectivity index (χ4n) is 3.65. The van der Waals surface area contributed by atoms with Crippen molar-refractivity contribution >= 4 is 12.1 Å². The Balaban J connectivity index is 2.37. The number of hydrogen-bond acceptors (Lipinski definition) is 5. The lowest BCUT2D eigenvalue weighted by molar-refractivity contribution is -0.150. The van der Waals surface area contributed by atoms with Crippen LogP contribution in [0.4, 0.5) is 4.79 Å². The molecule has 0 aromatic carbocycles. The van der Waals surface area contributed by atoms with Crippen molar-refractivity contribution in [2.75, 3.05) is 19.7 Å². The normalized spacial score (nSPS) is 20.0. The summed E-state index contributed by atoms with van der Waals surface area (Å²) in [6.07, 6.45) is 0.132. The summed E-state index contributed by atoms with van der Waals surface area (Å²) in [5, 5.41) is 0. The molecule has 2 unspecified atom stereocenters. The average Bonchev–Trinajstić information content (AvgIpc) is 2.61. The van der Waals surface area contributed by atoms with Gasteiger partial charge >= 0.3 is 12.1 Å². The number of likely N-dealkylation sites (tertiary alicyclic amines) is 1. The molecule has 1 aliphatic heterocycles. The number of carbonyl (C=O) groups is 2. The molecule has 0 N–H and O–H groups in total. The minimum absolute atomic E-state index is 0.102. The molecular weight excluding hydrogens is 360 g/mol. The lowest BCUT2D eigenvalue weighted by Gasteiger charge is -2.38. The molecule has 1 fully saturated rings. The van der Waals surface area contributed by atoms with Crippen molar-refractivity contribution in [3.05, 3.63) is 33.2 Å². The van der Waals surface area contributed by atoms with E-state index in [1.165, 1.54) is 0 Å². The van der Waals surface area contributed by atoms with Gasteiger partial charge in [-0.1, -0.05) is 0 Å².